The van der Waals surface area contributed by atoms with Gasteiger partial charge in [0.1, 0.15) is 5.82 Å². The van der Waals surface area contributed by atoms with Gasteiger partial charge in [-0.05, 0) is 18.6 Å². The molecule has 2 nitrogen and oxygen atoms in total. The van der Waals surface area contributed by atoms with Crippen LogP contribution in [0.1, 0.15) is 13.3 Å². The maximum Gasteiger partial charge on any atom is 0.104 e. The Morgan fingerprint density at radius 2 is 2.15 bits per heavy atom. The van der Waals surface area contributed by atoms with E-state index in [9.17, 15) is 0 Å². The molecule has 1 aromatic carbocycles. The van der Waals surface area contributed by atoms with Gasteiger partial charge in [-0.25, -0.2) is 0 Å². The van der Waals surface area contributed by atoms with E-state index in [2.05, 4.69) is 41.5 Å². The van der Waals surface area contributed by atoms with Crippen molar-refractivity contribution >= 4 is 16.7 Å². The van der Waals surface area contributed by atoms with E-state index in [1.165, 1.54) is 10.9 Å². The van der Waals surface area contributed by atoms with Gasteiger partial charge in [0, 0.05) is 17.4 Å². The standard InChI is InChI=1S/C11H14N2/c1-2-7-12-11-8-9-5-3-4-6-10(9)13-11/h3-6,8,12-13H,2,7H2,1H3. The van der Waals surface area contributed by atoms with Gasteiger partial charge in [-0.15, -0.1) is 0 Å². The number of fused-ring (bicyclic) bond motifs is 1. The minimum absolute atomic E-state index is 1.02. The molecule has 0 spiro atoms. The van der Waals surface area contributed by atoms with E-state index in [0.29, 0.717) is 0 Å². The number of para-hydroxylation sites is 1. The lowest BCUT2D eigenvalue weighted by molar-refractivity contribution is 0.973. The fourth-order valence-corrected chi connectivity index (χ4v) is 1.43. The summed E-state index contributed by atoms with van der Waals surface area (Å²) in [6.45, 7) is 3.18. The van der Waals surface area contributed by atoms with Crippen LogP contribution in [0.3, 0.4) is 0 Å². The summed E-state index contributed by atoms with van der Waals surface area (Å²) in [5.74, 6) is 1.11. The van der Waals surface area contributed by atoms with Crippen LogP contribution < -0.4 is 5.32 Å². The molecule has 2 rings (SSSR count). The van der Waals surface area contributed by atoms with Crippen LogP contribution in [0.4, 0.5) is 5.82 Å². The molecule has 0 saturated carbocycles. The van der Waals surface area contributed by atoms with Crippen LogP contribution in [0.5, 0.6) is 0 Å². The minimum atomic E-state index is 1.02. The molecule has 2 aromatic rings. The van der Waals surface area contributed by atoms with Crippen molar-refractivity contribution in [2.45, 2.75) is 13.3 Å². The summed E-state index contributed by atoms with van der Waals surface area (Å²) in [6, 6.07) is 10.4. The zero-order valence-electron chi connectivity index (χ0n) is 7.80. The summed E-state index contributed by atoms with van der Waals surface area (Å²) >= 11 is 0. The fourth-order valence-electron chi connectivity index (χ4n) is 1.43. The molecule has 0 atom stereocenters. The highest BCUT2D eigenvalue weighted by atomic mass is 15.0. The number of hydrogen-bond acceptors (Lipinski definition) is 1. The molecule has 0 saturated heterocycles. The van der Waals surface area contributed by atoms with Crippen molar-refractivity contribution < 1.29 is 0 Å². The molecule has 1 heterocycles. The Kier molecular flexibility index (Phi) is 2.21. The van der Waals surface area contributed by atoms with Crippen LogP contribution in [-0.2, 0) is 0 Å². The Morgan fingerprint density at radius 1 is 1.31 bits per heavy atom. The lowest BCUT2D eigenvalue weighted by Gasteiger charge is -1.98. The first-order valence-corrected chi connectivity index (χ1v) is 4.72. The van der Waals surface area contributed by atoms with E-state index in [0.717, 1.165) is 18.8 Å². The highest BCUT2D eigenvalue weighted by Gasteiger charge is 1.97. The third-order valence-electron chi connectivity index (χ3n) is 2.10. The van der Waals surface area contributed by atoms with Crippen LogP contribution in [0, 0.1) is 0 Å². The number of aromatic nitrogens is 1. The monoisotopic (exact) mass is 174 g/mol. The predicted octanol–water partition coefficient (Wildman–Crippen LogP) is 2.99. The minimum Gasteiger partial charge on any atom is -0.372 e. The number of anilines is 1. The highest BCUT2D eigenvalue weighted by Crippen LogP contribution is 2.17. The summed E-state index contributed by atoms with van der Waals surface area (Å²) < 4.78 is 0. The zero-order chi connectivity index (χ0) is 9.10. The molecule has 0 radical (unpaired) electrons. The summed E-state index contributed by atoms with van der Waals surface area (Å²) in [4.78, 5) is 3.32. The van der Waals surface area contributed by atoms with Gasteiger partial charge in [0.25, 0.3) is 0 Å². The van der Waals surface area contributed by atoms with Crippen molar-refractivity contribution in [3.8, 4) is 0 Å². The molecular weight excluding hydrogens is 160 g/mol. The molecule has 2 N–H and O–H groups in total. The first-order valence-electron chi connectivity index (χ1n) is 4.72. The Balaban J connectivity index is 2.28. The molecule has 13 heavy (non-hydrogen) atoms. The maximum absolute atomic E-state index is 3.33. The van der Waals surface area contributed by atoms with E-state index >= 15 is 0 Å². The van der Waals surface area contributed by atoms with Gasteiger partial charge < -0.3 is 10.3 Å². The second kappa shape index (κ2) is 3.52. The highest BCUT2D eigenvalue weighted by molar-refractivity contribution is 5.83. The van der Waals surface area contributed by atoms with Crippen molar-refractivity contribution in [2.24, 2.45) is 0 Å². The molecule has 0 aliphatic carbocycles. The first-order chi connectivity index (χ1) is 6.40. The molecule has 1 aromatic heterocycles. The number of hydrogen-bond donors (Lipinski definition) is 2. The van der Waals surface area contributed by atoms with Crippen molar-refractivity contribution in [1.82, 2.24) is 4.98 Å². The van der Waals surface area contributed by atoms with Gasteiger partial charge >= 0.3 is 0 Å². The van der Waals surface area contributed by atoms with Crippen molar-refractivity contribution in [3.63, 3.8) is 0 Å². The van der Waals surface area contributed by atoms with Gasteiger partial charge in [0.2, 0.25) is 0 Å². The Labute approximate surface area is 78.0 Å². The van der Waals surface area contributed by atoms with Crippen LogP contribution in [0.2, 0.25) is 0 Å². The van der Waals surface area contributed by atoms with E-state index in [1.807, 2.05) is 6.07 Å². The summed E-state index contributed by atoms with van der Waals surface area (Å²) in [6.07, 6.45) is 1.15. The van der Waals surface area contributed by atoms with Gasteiger partial charge in [-0.3, -0.25) is 0 Å². The maximum atomic E-state index is 3.33. The average Bonchev–Trinajstić information content (AvgIpc) is 2.57. The SMILES string of the molecule is CCCNc1cc2ccccc2[nH]1. The molecule has 0 aliphatic heterocycles. The number of rotatable bonds is 3. The normalized spacial score (nSPS) is 10.5. The Bertz CT molecular complexity index is 357. The average molecular weight is 174 g/mol. The van der Waals surface area contributed by atoms with Crippen molar-refractivity contribution in [2.75, 3.05) is 11.9 Å². The third-order valence-corrected chi connectivity index (χ3v) is 2.10. The molecular formula is C11H14N2. The van der Waals surface area contributed by atoms with Crippen molar-refractivity contribution in [1.29, 1.82) is 0 Å². The quantitative estimate of drug-likeness (QED) is 0.735. The van der Waals surface area contributed by atoms with Gasteiger partial charge in [-0.1, -0.05) is 25.1 Å². The first kappa shape index (κ1) is 8.17. The lowest BCUT2D eigenvalue weighted by Crippen LogP contribution is -1.98. The second-order valence-corrected chi connectivity index (χ2v) is 3.20. The summed E-state index contributed by atoms with van der Waals surface area (Å²) in [7, 11) is 0. The molecule has 2 heteroatoms. The van der Waals surface area contributed by atoms with Crippen molar-refractivity contribution in [3.05, 3.63) is 30.3 Å². The molecule has 0 fully saturated rings. The van der Waals surface area contributed by atoms with E-state index < -0.39 is 0 Å². The number of H-pyrrole nitrogens is 1. The number of benzene rings is 1. The molecule has 68 valence electrons. The van der Waals surface area contributed by atoms with Gasteiger partial charge in [0.05, 0.1) is 0 Å². The third kappa shape index (κ3) is 1.66. The molecule has 0 unspecified atom stereocenters. The Hall–Kier alpha value is -1.44. The number of aromatic amines is 1. The molecule has 0 amide bonds. The van der Waals surface area contributed by atoms with Crippen LogP contribution >= 0.6 is 0 Å². The van der Waals surface area contributed by atoms with E-state index in [4.69, 9.17) is 0 Å². The van der Waals surface area contributed by atoms with E-state index in [-0.39, 0.29) is 0 Å². The lowest BCUT2D eigenvalue weighted by atomic mass is 10.2. The van der Waals surface area contributed by atoms with Gasteiger partial charge in [0.15, 0.2) is 0 Å². The second-order valence-electron chi connectivity index (χ2n) is 3.20. The van der Waals surface area contributed by atoms with E-state index in [1.54, 1.807) is 0 Å². The van der Waals surface area contributed by atoms with Crippen LogP contribution in [-0.4, -0.2) is 11.5 Å². The topological polar surface area (TPSA) is 27.8 Å². The van der Waals surface area contributed by atoms with Crippen LogP contribution in [0.15, 0.2) is 30.3 Å². The Morgan fingerprint density at radius 3 is 2.92 bits per heavy atom. The predicted molar refractivity (Wildman–Crippen MR) is 57.1 cm³/mol. The largest absolute Gasteiger partial charge is 0.372 e. The fraction of sp³-hybridized carbons (Fsp3) is 0.273. The molecule has 0 bridgehead atoms. The van der Waals surface area contributed by atoms with Gasteiger partial charge in [-0.2, -0.15) is 0 Å². The summed E-state index contributed by atoms with van der Waals surface area (Å²) in [5.41, 5.74) is 1.20. The zero-order valence-corrected chi connectivity index (χ0v) is 7.80. The van der Waals surface area contributed by atoms with Crippen LogP contribution in [0.25, 0.3) is 10.9 Å². The smallest absolute Gasteiger partial charge is 0.104 e. The summed E-state index contributed by atoms with van der Waals surface area (Å²) in [5, 5.41) is 4.59. The number of nitrogens with one attached hydrogen (secondary N) is 2. The molecule has 0 aliphatic rings.